The van der Waals surface area contributed by atoms with Gasteiger partial charge in [0.15, 0.2) is 0 Å². The summed E-state index contributed by atoms with van der Waals surface area (Å²) in [7, 11) is -0.771. The molecule has 1 saturated carbocycles. The van der Waals surface area contributed by atoms with Crippen LogP contribution < -0.4 is 0 Å². The minimum absolute atomic E-state index is 0.0964. The van der Waals surface area contributed by atoms with E-state index in [2.05, 4.69) is 0 Å². The van der Waals surface area contributed by atoms with Crippen LogP contribution >= 0.6 is 0 Å². The summed E-state index contributed by atoms with van der Waals surface area (Å²) in [6, 6.07) is 1.68. The molecule has 0 unspecified atom stereocenters. The zero-order valence-corrected chi connectivity index (χ0v) is 14.7. The van der Waals surface area contributed by atoms with Crippen LogP contribution in [0, 0.1) is 12.8 Å². The smallest absolute Gasteiger partial charge is 0.275 e. The second-order valence-corrected chi connectivity index (χ2v) is 8.80. The van der Waals surface area contributed by atoms with Crippen LogP contribution in [0.3, 0.4) is 0 Å². The Labute approximate surface area is 137 Å². The van der Waals surface area contributed by atoms with E-state index in [-0.39, 0.29) is 11.0 Å². The number of likely N-dealkylation sites (tertiary alicyclic amines) is 1. The maximum absolute atomic E-state index is 12.9. The van der Waals surface area contributed by atoms with Crippen molar-refractivity contribution in [2.75, 3.05) is 20.6 Å². The Morgan fingerprint density at radius 2 is 1.96 bits per heavy atom. The molecule has 128 valence electrons. The average molecular weight is 340 g/mol. The Hall–Kier alpha value is -1.34. The molecule has 6 nitrogen and oxygen atoms in total. The van der Waals surface area contributed by atoms with Crippen LogP contribution in [0.25, 0.3) is 0 Å². The van der Waals surface area contributed by atoms with Crippen molar-refractivity contribution in [1.29, 1.82) is 0 Å². The highest BCUT2D eigenvalue weighted by Gasteiger charge is 2.39. The first-order valence-electron chi connectivity index (χ1n) is 8.16. The number of nitrogens with zero attached hydrogens (tertiary/aromatic N) is 2. The second kappa shape index (κ2) is 5.94. The van der Waals surface area contributed by atoms with E-state index in [0.717, 1.165) is 30.1 Å². The van der Waals surface area contributed by atoms with Gasteiger partial charge in [0, 0.05) is 32.7 Å². The monoisotopic (exact) mass is 340 g/mol. The minimum Gasteiger partial charge on any atom is -0.448 e. The number of rotatable bonds is 3. The third-order valence-electron chi connectivity index (χ3n) is 5.13. The van der Waals surface area contributed by atoms with Crippen LogP contribution in [0.2, 0.25) is 0 Å². The van der Waals surface area contributed by atoms with E-state index in [1.165, 1.54) is 33.0 Å². The third-order valence-corrected chi connectivity index (χ3v) is 6.80. The Morgan fingerprint density at radius 3 is 2.65 bits per heavy atom. The van der Waals surface area contributed by atoms with Crippen LogP contribution in [0.4, 0.5) is 0 Å². The molecule has 1 saturated heterocycles. The lowest BCUT2D eigenvalue weighted by Crippen LogP contribution is -2.39. The van der Waals surface area contributed by atoms with Crippen molar-refractivity contribution in [1.82, 2.24) is 9.21 Å². The van der Waals surface area contributed by atoms with Crippen molar-refractivity contribution in [2.45, 2.75) is 50.2 Å². The first kappa shape index (κ1) is 16.5. The Bertz CT molecular complexity index is 708. The summed E-state index contributed by atoms with van der Waals surface area (Å²) < 4.78 is 30.8. The van der Waals surface area contributed by atoms with E-state index < -0.39 is 10.0 Å². The third kappa shape index (κ3) is 2.80. The van der Waals surface area contributed by atoms with Gasteiger partial charge in [-0.15, -0.1) is 0 Å². The summed E-state index contributed by atoms with van der Waals surface area (Å²) in [5, 5.41) is -0.164. The van der Waals surface area contributed by atoms with Crippen molar-refractivity contribution < 1.29 is 17.6 Å². The van der Waals surface area contributed by atoms with E-state index in [0.29, 0.717) is 23.3 Å². The number of fused-ring (bicyclic) bond motifs is 1. The molecule has 3 rings (SSSR count). The quantitative estimate of drug-likeness (QED) is 0.846. The molecule has 1 amide bonds. The highest BCUT2D eigenvalue weighted by atomic mass is 32.2. The number of sulfonamides is 1. The first-order chi connectivity index (χ1) is 10.8. The molecule has 2 aliphatic rings. The standard InChI is InChI=1S/C16H24N2O4S/c1-11-13(10-15(22-11)23(20,21)17(2)3)16(19)18-9-8-12-6-4-5-7-14(12)18/h10,12,14H,4-9H2,1-3H3/t12-,14+/m1/s1. The van der Waals surface area contributed by atoms with Gasteiger partial charge in [0.25, 0.3) is 15.9 Å². The zero-order chi connectivity index (χ0) is 16.8. The maximum Gasteiger partial charge on any atom is 0.275 e. The number of carbonyl (C=O) groups is 1. The fourth-order valence-corrected chi connectivity index (χ4v) is 4.64. The van der Waals surface area contributed by atoms with Gasteiger partial charge in [-0.2, -0.15) is 0 Å². The lowest BCUT2D eigenvalue weighted by molar-refractivity contribution is 0.0688. The van der Waals surface area contributed by atoms with Crippen LogP contribution in [-0.4, -0.2) is 50.2 Å². The van der Waals surface area contributed by atoms with Crippen molar-refractivity contribution in [3.8, 4) is 0 Å². The van der Waals surface area contributed by atoms with Crippen molar-refractivity contribution in [3.05, 3.63) is 17.4 Å². The molecule has 1 aliphatic carbocycles. The molecule has 2 heterocycles. The Kier molecular flexibility index (Phi) is 4.27. The molecule has 1 aromatic rings. The Balaban J connectivity index is 1.87. The van der Waals surface area contributed by atoms with E-state index in [1.807, 2.05) is 4.90 Å². The van der Waals surface area contributed by atoms with Crippen molar-refractivity contribution in [3.63, 3.8) is 0 Å². The van der Waals surface area contributed by atoms with Gasteiger partial charge in [-0.25, -0.2) is 12.7 Å². The van der Waals surface area contributed by atoms with E-state index in [9.17, 15) is 13.2 Å². The summed E-state index contributed by atoms with van der Waals surface area (Å²) >= 11 is 0. The molecule has 0 radical (unpaired) electrons. The molecule has 7 heteroatoms. The van der Waals surface area contributed by atoms with Gasteiger partial charge >= 0.3 is 0 Å². The molecule has 2 atom stereocenters. The van der Waals surface area contributed by atoms with Gasteiger partial charge in [0.05, 0.1) is 5.56 Å². The van der Waals surface area contributed by atoms with Crippen LogP contribution in [0.1, 0.15) is 48.2 Å². The fraction of sp³-hybridized carbons (Fsp3) is 0.688. The van der Waals surface area contributed by atoms with Crippen molar-refractivity contribution in [2.24, 2.45) is 5.92 Å². The molecule has 0 N–H and O–H groups in total. The summed E-state index contributed by atoms with van der Waals surface area (Å²) in [5.74, 6) is 0.875. The molecule has 1 aromatic heterocycles. The van der Waals surface area contributed by atoms with E-state index in [1.54, 1.807) is 6.92 Å². The zero-order valence-electron chi connectivity index (χ0n) is 13.9. The molecule has 1 aliphatic heterocycles. The molecule has 23 heavy (non-hydrogen) atoms. The summed E-state index contributed by atoms with van der Waals surface area (Å²) in [6.45, 7) is 2.41. The van der Waals surface area contributed by atoms with Gasteiger partial charge in [0.1, 0.15) is 5.76 Å². The fourth-order valence-electron chi connectivity index (χ4n) is 3.79. The van der Waals surface area contributed by atoms with Gasteiger partial charge in [-0.3, -0.25) is 4.79 Å². The number of carbonyl (C=O) groups excluding carboxylic acids is 1. The number of hydrogen-bond acceptors (Lipinski definition) is 4. The Morgan fingerprint density at radius 1 is 1.26 bits per heavy atom. The van der Waals surface area contributed by atoms with E-state index >= 15 is 0 Å². The summed E-state index contributed by atoms with van der Waals surface area (Å²) in [5.41, 5.74) is 0.372. The highest BCUT2D eigenvalue weighted by Crippen LogP contribution is 2.37. The lowest BCUT2D eigenvalue weighted by Gasteiger charge is -2.31. The maximum atomic E-state index is 12.9. The first-order valence-corrected chi connectivity index (χ1v) is 9.60. The number of aryl methyl sites for hydroxylation is 1. The predicted molar refractivity (Wildman–Crippen MR) is 85.7 cm³/mol. The van der Waals surface area contributed by atoms with Crippen molar-refractivity contribution >= 4 is 15.9 Å². The summed E-state index contributed by atoms with van der Waals surface area (Å²) in [6.07, 6.45) is 5.71. The largest absolute Gasteiger partial charge is 0.448 e. The van der Waals surface area contributed by atoms with Gasteiger partial charge in [-0.1, -0.05) is 12.8 Å². The number of furan rings is 1. The van der Waals surface area contributed by atoms with Gasteiger partial charge < -0.3 is 9.32 Å². The molecule has 2 fully saturated rings. The highest BCUT2D eigenvalue weighted by molar-refractivity contribution is 7.88. The minimum atomic E-state index is -3.66. The predicted octanol–water partition coefficient (Wildman–Crippen LogP) is 2.24. The second-order valence-electron chi connectivity index (χ2n) is 6.72. The molecule has 0 spiro atoms. The summed E-state index contributed by atoms with van der Waals surface area (Å²) in [4.78, 5) is 14.8. The molecule has 0 bridgehead atoms. The topological polar surface area (TPSA) is 70.8 Å². The lowest BCUT2D eigenvalue weighted by atomic mass is 9.85. The number of hydrogen-bond donors (Lipinski definition) is 0. The van der Waals surface area contributed by atoms with E-state index in [4.69, 9.17) is 4.42 Å². The molecular formula is C16H24N2O4S. The molecular weight excluding hydrogens is 316 g/mol. The SMILES string of the molecule is Cc1oc(S(=O)(=O)N(C)C)cc1C(=O)N1CC[C@H]2CCCC[C@@H]21. The van der Waals surface area contributed by atoms with Crippen LogP contribution in [0.15, 0.2) is 15.6 Å². The number of amides is 1. The van der Waals surface area contributed by atoms with Gasteiger partial charge in [0.2, 0.25) is 5.09 Å². The molecule has 0 aromatic carbocycles. The average Bonchev–Trinajstić information content (AvgIpc) is 3.10. The normalized spacial score (nSPS) is 25.0. The van der Waals surface area contributed by atoms with Crippen LogP contribution in [-0.2, 0) is 10.0 Å². The van der Waals surface area contributed by atoms with Crippen LogP contribution in [0.5, 0.6) is 0 Å². The van der Waals surface area contributed by atoms with Gasteiger partial charge in [-0.05, 0) is 32.1 Å².